The van der Waals surface area contributed by atoms with Crippen molar-refractivity contribution < 1.29 is 18.8 Å². The van der Waals surface area contributed by atoms with E-state index in [4.69, 9.17) is 14.0 Å². The van der Waals surface area contributed by atoms with Gasteiger partial charge in [-0.15, -0.1) is 0 Å². The summed E-state index contributed by atoms with van der Waals surface area (Å²) in [5.74, 6) is 1.65. The molecule has 1 heterocycles. The Kier molecular flexibility index (Phi) is 7.75. The number of aromatic nitrogens is 2. The number of carbonyl (C=O) groups excluding carboxylic acids is 1. The van der Waals surface area contributed by atoms with E-state index < -0.39 is 0 Å². The Bertz CT molecular complexity index is 732. The first-order chi connectivity index (χ1) is 12.9. The maximum absolute atomic E-state index is 12.2. The molecule has 0 saturated carbocycles. The molecule has 27 heavy (non-hydrogen) atoms. The molecule has 2 aromatic rings. The first kappa shape index (κ1) is 20.9. The van der Waals surface area contributed by atoms with E-state index in [0.29, 0.717) is 24.7 Å². The normalized spacial score (nSPS) is 13.4. The summed E-state index contributed by atoms with van der Waals surface area (Å²) in [5, 5.41) is 6.83. The number of likely N-dealkylation sites (N-methyl/N-ethyl adjacent to an activating group) is 1. The van der Waals surface area contributed by atoms with Crippen LogP contribution in [0.15, 0.2) is 28.8 Å². The summed E-state index contributed by atoms with van der Waals surface area (Å²) >= 11 is 0. The second kappa shape index (κ2) is 10.0. The number of benzene rings is 1. The summed E-state index contributed by atoms with van der Waals surface area (Å²) in [7, 11) is 7.18. The zero-order chi connectivity index (χ0) is 19.8. The standard InChI is InChI=1S/C19H28N4O4/c1-13(25-4)19-21-18(27-22-19)10-9-17(24)20-12-16(23(2)3)14-7-6-8-15(11-14)26-5/h6-8,11,13,16H,9-10,12H2,1-5H3,(H,20,24). The summed E-state index contributed by atoms with van der Waals surface area (Å²) in [4.78, 5) is 18.5. The van der Waals surface area contributed by atoms with Crippen LogP contribution in [0.5, 0.6) is 5.75 Å². The van der Waals surface area contributed by atoms with Crippen molar-refractivity contribution in [2.24, 2.45) is 0 Å². The van der Waals surface area contributed by atoms with Crippen LogP contribution in [-0.4, -0.2) is 55.8 Å². The Labute approximate surface area is 159 Å². The van der Waals surface area contributed by atoms with E-state index in [9.17, 15) is 4.79 Å². The summed E-state index contributed by atoms with van der Waals surface area (Å²) in [6, 6.07) is 7.89. The molecule has 0 radical (unpaired) electrons. The molecule has 1 amide bonds. The first-order valence-corrected chi connectivity index (χ1v) is 8.87. The van der Waals surface area contributed by atoms with Crippen molar-refractivity contribution >= 4 is 5.91 Å². The third-order valence-electron chi connectivity index (χ3n) is 4.36. The largest absolute Gasteiger partial charge is 0.497 e. The highest BCUT2D eigenvalue weighted by Gasteiger charge is 2.17. The SMILES string of the molecule is COc1cccc(C(CNC(=O)CCc2nc(C(C)OC)no2)N(C)C)c1. The number of carbonyl (C=O) groups is 1. The number of methoxy groups -OCH3 is 2. The highest BCUT2D eigenvalue weighted by atomic mass is 16.5. The fourth-order valence-electron chi connectivity index (χ4n) is 2.61. The Morgan fingerprint density at radius 2 is 2.11 bits per heavy atom. The van der Waals surface area contributed by atoms with Gasteiger partial charge in [0.05, 0.1) is 13.2 Å². The van der Waals surface area contributed by atoms with E-state index in [-0.39, 0.29) is 24.5 Å². The zero-order valence-corrected chi connectivity index (χ0v) is 16.6. The summed E-state index contributed by atoms with van der Waals surface area (Å²) in [6.07, 6.45) is 0.433. The van der Waals surface area contributed by atoms with Crippen LogP contribution in [0.2, 0.25) is 0 Å². The predicted octanol–water partition coefficient (Wildman–Crippen LogP) is 2.14. The average molecular weight is 376 g/mol. The summed E-state index contributed by atoms with van der Waals surface area (Å²) < 4.78 is 15.6. The van der Waals surface area contributed by atoms with E-state index in [2.05, 4.69) is 20.4 Å². The molecule has 0 bridgehead atoms. The molecule has 1 aromatic carbocycles. The lowest BCUT2D eigenvalue weighted by Gasteiger charge is -2.25. The van der Waals surface area contributed by atoms with Crippen LogP contribution in [0, 0.1) is 0 Å². The van der Waals surface area contributed by atoms with Crippen LogP contribution in [0.3, 0.4) is 0 Å². The van der Waals surface area contributed by atoms with E-state index in [0.717, 1.165) is 11.3 Å². The molecule has 2 atom stereocenters. The molecule has 0 spiro atoms. The molecular formula is C19H28N4O4. The first-order valence-electron chi connectivity index (χ1n) is 8.87. The molecule has 2 rings (SSSR count). The topological polar surface area (TPSA) is 89.7 Å². The van der Waals surface area contributed by atoms with Crippen molar-refractivity contribution in [3.05, 3.63) is 41.5 Å². The predicted molar refractivity (Wildman–Crippen MR) is 100 cm³/mol. The van der Waals surface area contributed by atoms with Crippen LogP contribution in [0.4, 0.5) is 0 Å². The van der Waals surface area contributed by atoms with Crippen molar-refractivity contribution in [2.45, 2.75) is 31.9 Å². The van der Waals surface area contributed by atoms with Gasteiger partial charge in [0.1, 0.15) is 11.9 Å². The van der Waals surface area contributed by atoms with E-state index in [1.54, 1.807) is 14.2 Å². The molecule has 0 saturated heterocycles. The van der Waals surface area contributed by atoms with Crippen molar-refractivity contribution in [3.63, 3.8) is 0 Å². The molecule has 0 aliphatic rings. The van der Waals surface area contributed by atoms with E-state index in [1.807, 2.05) is 45.3 Å². The third kappa shape index (κ3) is 6.04. The van der Waals surface area contributed by atoms with Gasteiger partial charge in [0.15, 0.2) is 5.82 Å². The van der Waals surface area contributed by atoms with Gasteiger partial charge in [0.2, 0.25) is 11.8 Å². The fraction of sp³-hybridized carbons (Fsp3) is 0.526. The van der Waals surface area contributed by atoms with Gasteiger partial charge in [0.25, 0.3) is 0 Å². The third-order valence-corrected chi connectivity index (χ3v) is 4.36. The smallest absolute Gasteiger partial charge is 0.227 e. The van der Waals surface area contributed by atoms with Crippen molar-refractivity contribution in [1.29, 1.82) is 0 Å². The van der Waals surface area contributed by atoms with Crippen LogP contribution in [0.25, 0.3) is 0 Å². The number of aryl methyl sites for hydroxylation is 1. The van der Waals surface area contributed by atoms with Gasteiger partial charge in [-0.05, 0) is 38.7 Å². The Morgan fingerprint density at radius 1 is 1.33 bits per heavy atom. The minimum absolute atomic E-state index is 0.0432. The number of rotatable bonds is 10. The van der Waals surface area contributed by atoms with Gasteiger partial charge < -0.3 is 24.2 Å². The Hall–Kier alpha value is -2.45. The van der Waals surface area contributed by atoms with Gasteiger partial charge in [-0.3, -0.25) is 4.79 Å². The Balaban J connectivity index is 1.87. The second-order valence-electron chi connectivity index (χ2n) is 6.48. The molecule has 0 aliphatic heterocycles. The average Bonchev–Trinajstić information content (AvgIpc) is 3.15. The van der Waals surface area contributed by atoms with Gasteiger partial charge in [-0.1, -0.05) is 17.3 Å². The quantitative estimate of drug-likeness (QED) is 0.679. The van der Waals surface area contributed by atoms with Crippen LogP contribution in [-0.2, 0) is 16.0 Å². The van der Waals surface area contributed by atoms with Gasteiger partial charge >= 0.3 is 0 Å². The number of ether oxygens (including phenoxy) is 2. The minimum atomic E-state index is -0.236. The van der Waals surface area contributed by atoms with Gasteiger partial charge in [-0.25, -0.2) is 0 Å². The highest BCUT2D eigenvalue weighted by molar-refractivity contribution is 5.76. The number of nitrogens with zero attached hydrogens (tertiary/aromatic N) is 3. The molecular weight excluding hydrogens is 348 g/mol. The zero-order valence-electron chi connectivity index (χ0n) is 16.6. The van der Waals surface area contributed by atoms with Crippen molar-refractivity contribution in [2.75, 3.05) is 34.9 Å². The molecule has 8 nitrogen and oxygen atoms in total. The molecule has 0 fully saturated rings. The second-order valence-corrected chi connectivity index (χ2v) is 6.48. The number of amides is 1. The minimum Gasteiger partial charge on any atom is -0.497 e. The summed E-state index contributed by atoms with van der Waals surface area (Å²) in [6.45, 7) is 2.33. The number of hydrogen-bond donors (Lipinski definition) is 1. The molecule has 148 valence electrons. The van der Waals surface area contributed by atoms with Crippen molar-refractivity contribution in [3.8, 4) is 5.75 Å². The van der Waals surface area contributed by atoms with Crippen molar-refractivity contribution in [1.82, 2.24) is 20.4 Å². The van der Waals surface area contributed by atoms with E-state index in [1.165, 1.54) is 0 Å². The van der Waals surface area contributed by atoms with Gasteiger partial charge in [0, 0.05) is 26.5 Å². The highest BCUT2D eigenvalue weighted by Crippen LogP contribution is 2.22. The van der Waals surface area contributed by atoms with Crippen LogP contribution in [0.1, 0.15) is 42.8 Å². The number of hydrogen-bond acceptors (Lipinski definition) is 7. The van der Waals surface area contributed by atoms with Crippen LogP contribution < -0.4 is 10.1 Å². The summed E-state index contributed by atoms with van der Waals surface area (Å²) in [5.41, 5.74) is 1.08. The maximum atomic E-state index is 12.2. The molecule has 1 N–H and O–H groups in total. The monoisotopic (exact) mass is 376 g/mol. The number of nitrogens with one attached hydrogen (secondary N) is 1. The van der Waals surface area contributed by atoms with Gasteiger partial charge in [-0.2, -0.15) is 4.98 Å². The molecule has 2 unspecified atom stereocenters. The fourth-order valence-corrected chi connectivity index (χ4v) is 2.61. The Morgan fingerprint density at radius 3 is 2.78 bits per heavy atom. The molecule has 8 heteroatoms. The van der Waals surface area contributed by atoms with E-state index >= 15 is 0 Å². The lowest BCUT2D eigenvalue weighted by Crippen LogP contribution is -2.34. The maximum Gasteiger partial charge on any atom is 0.227 e. The lowest BCUT2D eigenvalue weighted by atomic mass is 10.1. The molecule has 1 aromatic heterocycles. The lowest BCUT2D eigenvalue weighted by molar-refractivity contribution is -0.121. The molecule has 0 aliphatic carbocycles. The van der Waals surface area contributed by atoms with Crippen LogP contribution >= 0.6 is 0 Å².